The summed E-state index contributed by atoms with van der Waals surface area (Å²) >= 11 is 6.94. The van der Waals surface area contributed by atoms with Gasteiger partial charge in [0.25, 0.3) is 5.78 Å². The van der Waals surface area contributed by atoms with Crippen LogP contribution in [0.5, 0.6) is 0 Å². The molecule has 4 aromatic rings. The van der Waals surface area contributed by atoms with Crippen LogP contribution in [0.15, 0.2) is 66.4 Å². The number of hydrogen-bond donors (Lipinski definition) is 1. The predicted molar refractivity (Wildman–Crippen MR) is 129 cm³/mol. The van der Waals surface area contributed by atoms with Crippen LogP contribution in [0.1, 0.15) is 29.8 Å². The van der Waals surface area contributed by atoms with E-state index in [1.54, 1.807) is 36.5 Å². The number of carbonyl (C=O) groups excluding carboxylic acids is 2. The third-order valence-electron chi connectivity index (χ3n) is 5.67. The predicted octanol–water partition coefficient (Wildman–Crippen LogP) is 5.67. The maximum atomic E-state index is 14.0. The molecule has 34 heavy (non-hydrogen) atoms. The zero-order chi connectivity index (χ0) is 24.0. The Bertz CT molecular complexity index is 1430. The van der Waals surface area contributed by atoms with E-state index in [0.717, 1.165) is 23.3 Å². The van der Waals surface area contributed by atoms with E-state index in [9.17, 15) is 19.1 Å². The van der Waals surface area contributed by atoms with Gasteiger partial charge in [0.1, 0.15) is 17.6 Å². The SMILES string of the molecule is CCc1ccc(/C(O)=C2\C(=O)C(=O)N(c3nc4cc(Cl)c(F)cc4s3)C2c2ccccn2)cc1. The van der Waals surface area contributed by atoms with Gasteiger partial charge in [-0.2, -0.15) is 0 Å². The Labute approximate surface area is 203 Å². The Morgan fingerprint density at radius 3 is 2.62 bits per heavy atom. The number of aliphatic hydroxyl groups excluding tert-OH is 1. The number of nitrogens with zero attached hydrogens (tertiary/aromatic N) is 3. The molecule has 1 aliphatic heterocycles. The second-order valence-electron chi connectivity index (χ2n) is 7.70. The van der Waals surface area contributed by atoms with Gasteiger partial charge in [0.2, 0.25) is 0 Å². The van der Waals surface area contributed by atoms with Crippen molar-refractivity contribution in [3.05, 3.63) is 94.0 Å². The zero-order valence-electron chi connectivity index (χ0n) is 17.8. The number of fused-ring (bicyclic) bond motifs is 1. The molecule has 5 rings (SSSR count). The fourth-order valence-electron chi connectivity index (χ4n) is 3.92. The number of hydrogen-bond acceptors (Lipinski definition) is 6. The van der Waals surface area contributed by atoms with Gasteiger partial charge in [-0.3, -0.25) is 19.5 Å². The number of anilines is 1. The molecule has 0 saturated carbocycles. The number of aliphatic hydroxyl groups is 1. The molecule has 0 aliphatic carbocycles. The third-order valence-corrected chi connectivity index (χ3v) is 6.98. The smallest absolute Gasteiger partial charge is 0.301 e. The summed E-state index contributed by atoms with van der Waals surface area (Å²) in [6.07, 6.45) is 2.36. The Hall–Kier alpha value is -3.62. The van der Waals surface area contributed by atoms with E-state index >= 15 is 0 Å². The Balaban J connectivity index is 1.70. The first-order valence-electron chi connectivity index (χ1n) is 10.5. The molecule has 6 nitrogen and oxygen atoms in total. The van der Waals surface area contributed by atoms with Crippen LogP contribution in [0, 0.1) is 5.82 Å². The van der Waals surface area contributed by atoms with E-state index in [2.05, 4.69) is 9.97 Å². The lowest BCUT2D eigenvalue weighted by atomic mass is 9.97. The van der Waals surface area contributed by atoms with Crippen molar-refractivity contribution in [1.82, 2.24) is 9.97 Å². The van der Waals surface area contributed by atoms with E-state index in [-0.39, 0.29) is 21.5 Å². The highest BCUT2D eigenvalue weighted by Gasteiger charge is 2.48. The minimum absolute atomic E-state index is 0.0867. The van der Waals surface area contributed by atoms with Gasteiger partial charge in [-0.05, 0) is 36.2 Å². The van der Waals surface area contributed by atoms with Gasteiger partial charge in [-0.15, -0.1) is 0 Å². The molecule has 0 bridgehead atoms. The monoisotopic (exact) mass is 493 g/mol. The van der Waals surface area contributed by atoms with Gasteiger partial charge in [0.15, 0.2) is 5.13 Å². The second-order valence-corrected chi connectivity index (χ2v) is 9.12. The summed E-state index contributed by atoms with van der Waals surface area (Å²) in [5.74, 6) is -2.61. The average molecular weight is 494 g/mol. The molecule has 1 saturated heterocycles. The second kappa shape index (κ2) is 8.62. The lowest BCUT2D eigenvalue weighted by molar-refractivity contribution is -0.132. The van der Waals surface area contributed by atoms with Gasteiger partial charge in [-0.1, -0.05) is 60.2 Å². The molecule has 170 valence electrons. The number of aromatic nitrogens is 2. The summed E-state index contributed by atoms with van der Waals surface area (Å²) < 4.78 is 14.5. The molecule has 2 aromatic heterocycles. The molecule has 1 aliphatic rings. The number of thiazole rings is 1. The van der Waals surface area contributed by atoms with E-state index in [0.29, 0.717) is 21.5 Å². The number of pyridine rings is 1. The highest BCUT2D eigenvalue weighted by Crippen LogP contribution is 2.44. The standard InChI is InChI=1S/C25H17ClFN3O3S/c1-2-13-6-8-14(9-7-13)22(31)20-21(17-5-3-4-10-28-17)30(24(33)23(20)32)25-29-18-11-15(26)16(27)12-19(18)34-25/h3-12,21,31H,2H2,1H3/b22-20+. The van der Waals surface area contributed by atoms with E-state index in [1.807, 2.05) is 19.1 Å². The number of amides is 1. The lowest BCUT2D eigenvalue weighted by Gasteiger charge is -2.21. The Morgan fingerprint density at radius 2 is 1.94 bits per heavy atom. The molecular formula is C25H17ClFN3O3S. The van der Waals surface area contributed by atoms with Crippen molar-refractivity contribution in [3.63, 3.8) is 0 Å². The van der Waals surface area contributed by atoms with Crippen LogP contribution < -0.4 is 4.90 Å². The van der Waals surface area contributed by atoms with Crippen molar-refractivity contribution in [2.45, 2.75) is 19.4 Å². The molecule has 1 amide bonds. The van der Waals surface area contributed by atoms with E-state index in [1.165, 1.54) is 17.0 Å². The van der Waals surface area contributed by atoms with Crippen LogP contribution >= 0.6 is 22.9 Å². The van der Waals surface area contributed by atoms with Crippen LogP contribution in [0.25, 0.3) is 16.0 Å². The van der Waals surface area contributed by atoms with Crippen molar-refractivity contribution in [3.8, 4) is 0 Å². The fourth-order valence-corrected chi connectivity index (χ4v) is 5.07. The Morgan fingerprint density at radius 1 is 1.18 bits per heavy atom. The number of halogens is 2. The first kappa shape index (κ1) is 22.2. The summed E-state index contributed by atoms with van der Waals surface area (Å²) in [4.78, 5) is 36.4. The van der Waals surface area contributed by atoms with Gasteiger partial charge in [-0.25, -0.2) is 9.37 Å². The van der Waals surface area contributed by atoms with Gasteiger partial charge < -0.3 is 5.11 Å². The molecule has 1 fully saturated rings. The molecular weight excluding hydrogens is 477 g/mol. The van der Waals surface area contributed by atoms with Crippen LogP contribution in [0.3, 0.4) is 0 Å². The lowest BCUT2D eigenvalue weighted by Crippen LogP contribution is -2.29. The van der Waals surface area contributed by atoms with Gasteiger partial charge in [0, 0.05) is 11.8 Å². The number of aryl methyl sites for hydroxylation is 1. The van der Waals surface area contributed by atoms with Crippen molar-refractivity contribution in [2.75, 3.05) is 4.90 Å². The number of Topliss-reactive ketones (excluding diaryl/α,β-unsaturated/α-hetero) is 1. The van der Waals surface area contributed by atoms with Gasteiger partial charge in [0.05, 0.1) is 26.5 Å². The van der Waals surface area contributed by atoms with Crippen molar-refractivity contribution >= 4 is 55.7 Å². The molecule has 1 N–H and O–H groups in total. The summed E-state index contributed by atoms with van der Waals surface area (Å²) in [6.45, 7) is 2.01. The summed E-state index contributed by atoms with van der Waals surface area (Å²) in [6, 6.07) is 13.8. The quantitative estimate of drug-likeness (QED) is 0.225. The summed E-state index contributed by atoms with van der Waals surface area (Å²) in [5.41, 5.74) is 2.17. The molecule has 1 unspecified atom stereocenters. The minimum Gasteiger partial charge on any atom is -0.507 e. The Kier molecular flexibility index (Phi) is 5.63. The maximum absolute atomic E-state index is 14.0. The van der Waals surface area contributed by atoms with Gasteiger partial charge >= 0.3 is 5.91 Å². The van der Waals surface area contributed by atoms with Crippen molar-refractivity contribution < 1.29 is 19.1 Å². The first-order chi connectivity index (χ1) is 16.4. The van der Waals surface area contributed by atoms with Crippen molar-refractivity contribution in [2.24, 2.45) is 0 Å². The van der Waals surface area contributed by atoms with Crippen LogP contribution in [-0.2, 0) is 16.0 Å². The fraction of sp³-hybridized carbons (Fsp3) is 0.120. The molecule has 1 atom stereocenters. The van der Waals surface area contributed by atoms with Crippen LogP contribution in [-0.4, -0.2) is 26.8 Å². The summed E-state index contributed by atoms with van der Waals surface area (Å²) in [7, 11) is 0. The highest BCUT2D eigenvalue weighted by atomic mass is 35.5. The molecule has 2 aromatic carbocycles. The normalized spacial score (nSPS) is 17.6. The van der Waals surface area contributed by atoms with E-state index < -0.39 is 23.5 Å². The molecule has 3 heterocycles. The topological polar surface area (TPSA) is 83.4 Å². The van der Waals surface area contributed by atoms with Crippen LogP contribution in [0.4, 0.5) is 9.52 Å². The van der Waals surface area contributed by atoms with Crippen molar-refractivity contribution in [1.29, 1.82) is 0 Å². The average Bonchev–Trinajstić information content (AvgIpc) is 3.37. The van der Waals surface area contributed by atoms with E-state index in [4.69, 9.17) is 11.6 Å². The molecule has 0 radical (unpaired) electrons. The largest absolute Gasteiger partial charge is 0.507 e. The summed E-state index contributed by atoms with van der Waals surface area (Å²) in [5, 5.41) is 11.2. The van der Waals surface area contributed by atoms with Crippen LogP contribution in [0.2, 0.25) is 5.02 Å². The number of rotatable bonds is 4. The zero-order valence-corrected chi connectivity index (χ0v) is 19.4. The number of carbonyl (C=O) groups is 2. The number of ketones is 1. The maximum Gasteiger partial charge on any atom is 0.301 e. The molecule has 0 spiro atoms. The molecule has 9 heteroatoms. The first-order valence-corrected chi connectivity index (χ1v) is 11.6. The minimum atomic E-state index is -1.01. The number of benzene rings is 2. The highest BCUT2D eigenvalue weighted by molar-refractivity contribution is 7.22. The third kappa shape index (κ3) is 3.65.